The number of rotatable bonds is 5. The molecular weight excluding hydrogens is 338 g/mol. The van der Waals surface area contributed by atoms with Gasteiger partial charge in [-0.2, -0.15) is 0 Å². The SMILES string of the molecule is COC(=O)CC(NC(=O)c1ccco1)c1ccc(Br)cc1. The van der Waals surface area contributed by atoms with Gasteiger partial charge in [-0.25, -0.2) is 0 Å². The number of methoxy groups -OCH3 is 1. The second-order valence-electron chi connectivity index (χ2n) is 4.34. The molecule has 0 saturated heterocycles. The van der Waals surface area contributed by atoms with Gasteiger partial charge >= 0.3 is 5.97 Å². The molecule has 1 unspecified atom stereocenters. The second kappa shape index (κ2) is 7.08. The molecule has 2 aromatic rings. The molecule has 0 saturated carbocycles. The van der Waals surface area contributed by atoms with E-state index in [2.05, 4.69) is 26.0 Å². The van der Waals surface area contributed by atoms with Crippen molar-refractivity contribution in [3.05, 3.63) is 58.5 Å². The van der Waals surface area contributed by atoms with Crippen molar-refractivity contribution in [1.82, 2.24) is 5.32 Å². The van der Waals surface area contributed by atoms with Gasteiger partial charge in [-0.05, 0) is 29.8 Å². The number of esters is 1. The van der Waals surface area contributed by atoms with Crippen molar-refractivity contribution in [2.45, 2.75) is 12.5 Å². The number of carbonyl (C=O) groups is 2. The Morgan fingerprint density at radius 3 is 2.57 bits per heavy atom. The lowest BCUT2D eigenvalue weighted by molar-refractivity contribution is -0.141. The van der Waals surface area contributed by atoms with Crippen molar-refractivity contribution in [1.29, 1.82) is 0 Å². The van der Waals surface area contributed by atoms with Crippen LogP contribution in [0, 0.1) is 0 Å². The van der Waals surface area contributed by atoms with Gasteiger partial charge in [0.05, 0.1) is 25.8 Å². The van der Waals surface area contributed by atoms with Gasteiger partial charge in [0.15, 0.2) is 5.76 Å². The Labute approximate surface area is 130 Å². The maximum absolute atomic E-state index is 12.1. The Morgan fingerprint density at radius 2 is 2.00 bits per heavy atom. The van der Waals surface area contributed by atoms with Gasteiger partial charge in [-0.15, -0.1) is 0 Å². The first-order valence-electron chi connectivity index (χ1n) is 6.27. The predicted molar refractivity (Wildman–Crippen MR) is 79.7 cm³/mol. The summed E-state index contributed by atoms with van der Waals surface area (Å²) in [6.45, 7) is 0. The first-order valence-corrected chi connectivity index (χ1v) is 7.06. The average molecular weight is 352 g/mol. The van der Waals surface area contributed by atoms with Crippen molar-refractivity contribution in [2.75, 3.05) is 7.11 Å². The van der Waals surface area contributed by atoms with Gasteiger partial charge in [0, 0.05) is 4.47 Å². The minimum atomic E-state index is -0.483. The Hall–Kier alpha value is -2.08. The fraction of sp³-hybridized carbons (Fsp3) is 0.200. The van der Waals surface area contributed by atoms with Gasteiger partial charge in [-0.3, -0.25) is 9.59 Å². The molecular formula is C15H14BrNO4. The molecule has 1 heterocycles. The molecule has 0 radical (unpaired) electrons. The maximum Gasteiger partial charge on any atom is 0.307 e. The Bertz CT molecular complexity index is 607. The van der Waals surface area contributed by atoms with Gasteiger partial charge < -0.3 is 14.5 Å². The van der Waals surface area contributed by atoms with Gasteiger partial charge in [-0.1, -0.05) is 28.1 Å². The summed E-state index contributed by atoms with van der Waals surface area (Å²) < 4.78 is 10.6. The highest BCUT2D eigenvalue weighted by Gasteiger charge is 2.20. The molecule has 1 N–H and O–H groups in total. The van der Waals surface area contributed by atoms with E-state index in [-0.39, 0.29) is 18.1 Å². The fourth-order valence-corrected chi connectivity index (χ4v) is 2.10. The van der Waals surface area contributed by atoms with Crippen molar-refractivity contribution in [3.63, 3.8) is 0 Å². The third kappa shape index (κ3) is 4.19. The molecule has 0 aliphatic heterocycles. The van der Waals surface area contributed by atoms with E-state index in [1.54, 1.807) is 12.1 Å². The molecule has 110 valence electrons. The average Bonchev–Trinajstić information content (AvgIpc) is 3.01. The summed E-state index contributed by atoms with van der Waals surface area (Å²) in [5, 5.41) is 2.77. The molecule has 0 bridgehead atoms. The lowest BCUT2D eigenvalue weighted by Gasteiger charge is -2.17. The number of nitrogens with one attached hydrogen (secondary N) is 1. The Kier molecular flexibility index (Phi) is 5.16. The first kappa shape index (κ1) is 15.3. The molecule has 0 aliphatic carbocycles. The zero-order chi connectivity index (χ0) is 15.2. The van der Waals surface area contributed by atoms with E-state index in [9.17, 15) is 9.59 Å². The van der Waals surface area contributed by atoms with Crippen molar-refractivity contribution in [2.24, 2.45) is 0 Å². The zero-order valence-electron chi connectivity index (χ0n) is 11.3. The zero-order valence-corrected chi connectivity index (χ0v) is 12.9. The van der Waals surface area contributed by atoms with Crippen LogP contribution in [0.5, 0.6) is 0 Å². The van der Waals surface area contributed by atoms with Crippen LogP contribution in [-0.4, -0.2) is 19.0 Å². The highest BCUT2D eigenvalue weighted by atomic mass is 79.9. The normalized spacial score (nSPS) is 11.7. The van der Waals surface area contributed by atoms with Crippen molar-refractivity contribution >= 4 is 27.8 Å². The van der Waals surface area contributed by atoms with Crippen LogP contribution in [0.3, 0.4) is 0 Å². The van der Waals surface area contributed by atoms with E-state index in [0.717, 1.165) is 10.0 Å². The van der Waals surface area contributed by atoms with E-state index in [0.29, 0.717) is 0 Å². The number of furan rings is 1. The van der Waals surface area contributed by atoms with Crippen LogP contribution in [0.4, 0.5) is 0 Å². The molecule has 1 atom stereocenters. The third-order valence-electron chi connectivity index (χ3n) is 2.92. The lowest BCUT2D eigenvalue weighted by Crippen LogP contribution is -2.30. The highest BCUT2D eigenvalue weighted by Crippen LogP contribution is 2.21. The number of amides is 1. The number of hydrogen-bond donors (Lipinski definition) is 1. The molecule has 1 amide bonds. The lowest BCUT2D eigenvalue weighted by atomic mass is 10.0. The van der Waals surface area contributed by atoms with Gasteiger partial charge in [0.25, 0.3) is 5.91 Å². The molecule has 1 aromatic heterocycles. The molecule has 2 rings (SSSR count). The summed E-state index contributed by atoms with van der Waals surface area (Å²) in [6.07, 6.45) is 1.47. The predicted octanol–water partition coefficient (Wildman–Crippen LogP) is 3.08. The third-order valence-corrected chi connectivity index (χ3v) is 3.45. The fourth-order valence-electron chi connectivity index (χ4n) is 1.83. The van der Waals surface area contributed by atoms with Crippen LogP contribution in [0.1, 0.15) is 28.6 Å². The molecule has 0 fully saturated rings. The standard InChI is InChI=1S/C15H14BrNO4/c1-20-14(18)9-12(10-4-6-11(16)7-5-10)17-15(19)13-3-2-8-21-13/h2-8,12H,9H2,1H3,(H,17,19). The van der Waals surface area contributed by atoms with Crippen LogP contribution in [-0.2, 0) is 9.53 Å². The van der Waals surface area contributed by atoms with E-state index in [4.69, 9.17) is 4.42 Å². The van der Waals surface area contributed by atoms with Gasteiger partial charge in [0.2, 0.25) is 0 Å². The monoisotopic (exact) mass is 351 g/mol. The van der Waals surface area contributed by atoms with Crippen LogP contribution in [0.25, 0.3) is 0 Å². The Balaban J connectivity index is 2.17. The molecule has 0 aliphatic rings. The number of halogens is 1. The van der Waals surface area contributed by atoms with Gasteiger partial charge in [0.1, 0.15) is 0 Å². The summed E-state index contributed by atoms with van der Waals surface area (Å²) in [5.74, 6) is -0.582. The summed E-state index contributed by atoms with van der Waals surface area (Å²) in [4.78, 5) is 23.6. The number of benzene rings is 1. The largest absolute Gasteiger partial charge is 0.469 e. The summed E-state index contributed by atoms with van der Waals surface area (Å²) in [7, 11) is 1.31. The second-order valence-corrected chi connectivity index (χ2v) is 5.25. The molecule has 6 heteroatoms. The highest BCUT2D eigenvalue weighted by molar-refractivity contribution is 9.10. The van der Waals surface area contributed by atoms with Crippen LogP contribution in [0.15, 0.2) is 51.6 Å². The van der Waals surface area contributed by atoms with Crippen molar-refractivity contribution < 1.29 is 18.7 Å². The van der Waals surface area contributed by atoms with E-state index in [1.807, 2.05) is 24.3 Å². The topological polar surface area (TPSA) is 68.5 Å². The summed E-state index contributed by atoms with van der Waals surface area (Å²) in [6, 6.07) is 10.1. The molecule has 1 aromatic carbocycles. The minimum Gasteiger partial charge on any atom is -0.469 e. The van der Waals surface area contributed by atoms with Crippen LogP contribution < -0.4 is 5.32 Å². The number of carbonyl (C=O) groups excluding carboxylic acids is 2. The number of hydrogen-bond acceptors (Lipinski definition) is 4. The van der Waals surface area contributed by atoms with E-state index in [1.165, 1.54) is 13.4 Å². The van der Waals surface area contributed by atoms with Crippen LogP contribution >= 0.6 is 15.9 Å². The summed E-state index contributed by atoms with van der Waals surface area (Å²) in [5.41, 5.74) is 0.809. The molecule has 0 spiro atoms. The minimum absolute atomic E-state index is 0.0462. The Morgan fingerprint density at radius 1 is 1.29 bits per heavy atom. The quantitative estimate of drug-likeness (QED) is 0.840. The molecule has 21 heavy (non-hydrogen) atoms. The van der Waals surface area contributed by atoms with Crippen molar-refractivity contribution in [3.8, 4) is 0 Å². The van der Waals surface area contributed by atoms with Crippen LogP contribution in [0.2, 0.25) is 0 Å². The first-order chi connectivity index (χ1) is 10.1. The smallest absolute Gasteiger partial charge is 0.307 e. The maximum atomic E-state index is 12.1. The number of ether oxygens (including phenoxy) is 1. The summed E-state index contributed by atoms with van der Waals surface area (Å²) >= 11 is 3.35. The van der Waals surface area contributed by atoms with E-state index < -0.39 is 12.0 Å². The van der Waals surface area contributed by atoms with E-state index >= 15 is 0 Å². The molecule has 5 nitrogen and oxygen atoms in total.